The Hall–Kier alpha value is -4.13. The van der Waals surface area contributed by atoms with Gasteiger partial charge in [0.25, 0.3) is 15.9 Å². The first-order valence-corrected chi connectivity index (χ1v) is 17.4. The summed E-state index contributed by atoms with van der Waals surface area (Å²) in [6, 6.07) is 29.2. The van der Waals surface area contributed by atoms with Crippen LogP contribution in [-0.4, -0.2) is 30.8 Å². The van der Waals surface area contributed by atoms with Crippen LogP contribution in [0.15, 0.2) is 108 Å². The molecule has 0 bridgehead atoms. The van der Waals surface area contributed by atoms with E-state index in [0.717, 1.165) is 64.0 Å². The van der Waals surface area contributed by atoms with Gasteiger partial charge >= 0.3 is 0 Å². The molecule has 7 rings (SSSR count). The molecule has 12 heteroatoms. The van der Waals surface area contributed by atoms with Gasteiger partial charge in [0.15, 0.2) is 0 Å². The first-order valence-electron chi connectivity index (χ1n) is 14.3. The highest BCUT2D eigenvalue weighted by Crippen LogP contribution is 2.46. The Balaban J connectivity index is 0.00000372. The molecule has 7 nitrogen and oxygen atoms in total. The summed E-state index contributed by atoms with van der Waals surface area (Å²) in [5, 5.41) is 4.78. The molecule has 4 aromatic carbocycles. The van der Waals surface area contributed by atoms with E-state index in [1.54, 1.807) is 34.8 Å². The quantitative estimate of drug-likeness (QED) is 0.168. The number of para-hydroxylation sites is 1. The van der Waals surface area contributed by atoms with Crippen molar-refractivity contribution in [1.82, 2.24) is 9.88 Å². The minimum atomic E-state index is -3.91. The van der Waals surface area contributed by atoms with E-state index in [0.29, 0.717) is 5.56 Å². The molecule has 2 aromatic heterocycles. The van der Waals surface area contributed by atoms with Crippen molar-refractivity contribution in [1.29, 1.82) is 0 Å². The molecule has 0 aliphatic carbocycles. The molecular weight excluding hydrogens is 663 g/mol. The lowest BCUT2D eigenvalue weighted by atomic mass is 10.0. The average Bonchev–Trinajstić information content (AvgIpc) is 3.62. The topological polar surface area (TPSA) is 91.4 Å². The van der Waals surface area contributed by atoms with E-state index < -0.39 is 15.8 Å². The predicted octanol–water partition coefficient (Wildman–Crippen LogP) is 8.20. The molecule has 3 heterocycles. The van der Waals surface area contributed by atoms with Crippen molar-refractivity contribution in [2.24, 2.45) is 0 Å². The summed E-state index contributed by atoms with van der Waals surface area (Å²) in [4.78, 5) is 22.1. The minimum absolute atomic E-state index is 0. The van der Waals surface area contributed by atoms with Gasteiger partial charge in [0.05, 0.1) is 15.1 Å². The van der Waals surface area contributed by atoms with Crippen molar-refractivity contribution in [2.75, 3.05) is 16.6 Å². The van der Waals surface area contributed by atoms with Crippen LogP contribution >= 0.6 is 35.1 Å². The number of hydrogen-bond donors (Lipinski definition) is 2. The number of carbonyl (C=O) groups excluding carboxylic acids is 1. The molecule has 6 aromatic rings. The van der Waals surface area contributed by atoms with Crippen LogP contribution in [0.2, 0.25) is 0 Å². The summed E-state index contributed by atoms with van der Waals surface area (Å²) >= 11 is 3.21. The second kappa shape index (κ2) is 13.3. The minimum Gasteiger partial charge on any atom is -0.313 e. The number of sulfonamides is 1. The van der Waals surface area contributed by atoms with E-state index >= 15 is 0 Å². The maximum atomic E-state index is 13.5. The summed E-state index contributed by atoms with van der Waals surface area (Å²) in [5.41, 5.74) is 5.07. The number of benzene rings is 4. The number of nitrogens with one attached hydrogen (secondary N) is 2. The molecule has 1 amide bonds. The number of halogens is 2. The van der Waals surface area contributed by atoms with Crippen LogP contribution in [0, 0.1) is 5.82 Å². The standard InChI is InChI=1S/C34H27FN4O3S3.ClH/c35-24-12-16-26(17-13-24)45(41,42)38-25-14-10-23(11-15-25)32(40)37-34-31(33-36-28-8-4-5-9-29(28)43-33)27-18-19-39(21-30(27)44-34)20-22-6-2-1-3-7-22;/h1-17,38H,18-21H2,(H,37,40);1H. The molecule has 0 fully saturated rings. The summed E-state index contributed by atoms with van der Waals surface area (Å²) in [5.74, 6) is -0.822. The Bertz CT molecular complexity index is 2080. The highest BCUT2D eigenvalue weighted by Gasteiger charge is 2.28. The van der Waals surface area contributed by atoms with Crippen molar-refractivity contribution in [2.45, 2.75) is 24.4 Å². The van der Waals surface area contributed by atoms with Gasteiger partial charge in [-0.2, -0.15) is 0 Å². The van der Waals surface area contributed by atoms with Gasteiger partial charge < -0.3 is 5.32 Å². The van der Waals surface area contributed by atoms with E-state index in [-0.39, 0.29) is 28.9 Å². The lowest BCUT2D eigenvalue weighted by molar-refractivity contribution is 0.102. The number of thiazole rings is 1. The Kier molecular flexibility index (Phi) is 9.21. The second-order valence-electron chi connectivity index (χ2n) is 10.7. The summed E-state index contributed by atoms with van der Waals surface area (Å²) in [6.45, 7) is 2.54. The van der Waals surface area contributed by atoms with Crippen molar-refractivity contribution in [3.05, 3.63) is 131 Å². The number of carbonyl (C=O) groups is 1. The Morgan fingerprint density at radius 2 is 1.61 bits per heavy atom. The summed E-state index contributed by atoms with van der Waals surface area (Å²) < 4.78 is 42.2. The lowest BCUT2D eigenvalue weighted by Crippen LogP contribution is -2.29. The van der Waals surface area contributed by atoms with E-state index in [1.807, 2.05) is 24.3 Å². The number of rotatable bonds is 8. The van der Waals surface area contributed by atoms with Gasteiger partial charge in [-0.15, -0.1) is 35.1 Å². The van der Waals surface area contributed by atoms with Gasteiger partial charge in [-0.25, -0.2) is 17.8 Å². The first kappa shape index (κ1) is 31.8. The Morgan fingerprint density at radius 3 is 2.35 bits per heavy atom. The van der Waals surface area contributed by atoms with Gasteiger partial charge in [0.2, 0.25) is 0 Å². The SMILES string of the molecule is Cl.O=C(Nc1sc2c(c1-c1nc3ccccc3s1)CCN(Cc1ccccc1)C2)c1ccc(NS(=O)(=O)c2ccc(F)cc2)cc1. The third kappa shape index (κ3) is 6.69. The molecule has 0 saturated carbocycles. The monoisotopic (exact) mass is 690 g/mol. The molecule has 1 aliphatic rings. The zero-order chi connectivity index (χ0) is 31.0. The highest BCUT2D eigenvalue weighted by atomic mass is 35.5. The van der Waals surface area contributed by atoms with E-state index in [4.69, 9.17) is 4.98 Å². The largest absolute Gasteiger partial charge is 0.313 e. The smallest absolute Gasteiger partial charge is 0.261 e. The third-order valence-corrected chi connectivity index (χ3v) is 11.2. The van der Waals surface area contributed by atoms with Crippen molar-refractivity contribution in [3.63, 3.8) is 0 Å². The van der Waals surface area contributed by atoms with E-state index in [1.165, 1.54) is 40.3 Å². The number of thiophene rings is 1. The van der Waals surface area contributed by atoms with Crippen LogP contribution in [0.5, 0.6) is 0 Å². The fourth-order valence-electron chi connectivity index (χ4n) is 5.42. The molecule has 0 radical (unpaired) electrons. The van der Waals surface area contributed by atoms with Gasteiger partial charge in [-0.3, -0.25) is 14.4 Å². The molecule has 1 aliphatic heterocycles. The summed E-state index contributed by atoms with van der Waals surface area (Å²) in [6.07, 6.45) is 0.850. The molecule has 46 heavy (non-hydrogen) atoms. The summed E-state index contributed by atoms with van der Waals surface area (Å²) in [7, 11) is -3.91. The van der Waals surface area contributed by atoms with Gasteiger partial charge in [0, 0.05) is 41.3 Å². The van der Waals surface area contributed by atoms with Crippen molar-refractivity contribution < 1.29 is 17.6 Å². The number of anilines is 2. The second-order valence-corrected chi connectivity index (χ2v) is 14.6. The fraction of sp³-hybridized carbons (Fsp3) is 0.118. The average molecular weight is 691 g/mol. The number of fused-ring (bicyclic) bond motifs is 2. The maximum absolute atomic E-state index is 13.5. The zero-order valence-electron chi connectivity index (χ0n) is 24.3. The number of aromatic nitrogens is 1. The van der Waals surface area contributed by atoms with E-state index in [9.17, 15) is 17.6 Å². The fourth-order valence-corrected chi connectivity index (χ4v) is 8.87. The number of nitrogens with zero attached hydrogens (tertiary/aromatic N) is 2. The van der Waals surface area contributed by atoms with Gasteiger partial charge in [-0.05, 0) is 78.2 Å². The van der Waals surface area contributed by atoms with Crippen LogP contribution < -0.4 is 10.0 Å². The van der Waals surface area contributed by atoms with Crippen LogP contribution in [0.25, 0.3) is 20.8 Å². The number of amides is 1. The van der Waals surface area contributed by atoms with Crippen LogP contribution in [0.1, 0.15) is 26.4 Å². The molecule has 0 spiro atoms. The van der Waals surface area contributed by atoms with E-state index in [2.05, 4.69) is 45.3 Å². The molecule has 2 N–H and O–H groups in total. The third-order valence-electron chi connectivity index (χ3n) is 7.64. The van der Waals surface area contributed by atoms with Crippen molar-refractivity contribution in [3.8, 4) is 10.6 Å². The highest BCUT2D eigenvalue weighted by molar-refractivity contribution is 7.92. The molecule has 0 unspecified atom stereocenters. The van der Waals surface area contributed by atoms with Crippen LogP contribution in [0.3, 0.4) is 0 Å². The zero-order valence-corrected chi connectivity index (χ0v) is 27.5. The maximum Gasteiger partial charge on any atom is 0.261 e. The first-order chi connectivity index (χ1) is 21.8. The lowest BCUT2D eigenvalue weighted by Gasteiger charge is -2.27. The van der Waals surface area contributed by atoms with Crippen LogP contribution in [0.4, 0.5) is 15.1 Å². The van der Waals surface area contributed by atoms with Gasteiger partial charge in [-0.1, -0.05) is 42.5 Å². The number of hydrogen-bond acceptors (Lipinski definition) is 7. The molecular formula is C34H28ClFN4O3S3. The van der Waals surface area contributed by atoms with Crippen molar-refractivity contribution >= 4 is 71.9 Å². The molecule has 0 atom stereocenters. The Morgan fingerprint density at radius 1 is 0.891 bits per heavy atom. The molecule has 234 valence electrons. The molecule has 0 saturated heterocycles. The van der Waals surface area contributed by atoms with Gasteiger partial charge in [0.1, 0.15) is 15.8 Å². The van der Waals surface area contributed by atoms with Crippen LogP contribution in [-0.2, 0) is 29.5 Å². The Labute approximate surface area is 280 Å². The predicted molar refractivity (Wildman–Crippen MR) is 186 cm³/mol. The normalized spacial score (nSPS) is 13.2.